The fourth-order valence-electron chi connectivity index (χ4n) is 2.71. The van der Waals surface area contributed by atoms with Gasteiger partial charge < -0.3 is 9.47 Å². The van der Waals surface area contributed by atoms with Crippen molar-refractivity contribution in [3.8, 4) is 11.5 Å². The Morgan fingerprint density at radius 1 is 1.17 bits per heavy atom. The topological polar surface area (TPSA) is 38.8 Å². The van der Waals surface area contributed by atoms with Gasteiger partial charge in [-0.15, -0.1) is 0 Å². The number of thiocarbonyl (C=S) groups is 1. The van der Waals surface area contributed by atoms with E-state index in [0.717, 1.165) is 9.13 Å². The molecule has 2 aromatic carbocycles. The lowest BCUT2D eigenvalue weighted by Gasteiger charge is -2.16. The summed E-state index contributed by atoms with van der Waals surface area (Å²) in [5.41, 5.74) is 1.34. The molecule has 0 radical (unpaired) electrons. The molecule has 152 valence electrons. The molecule has 0 aliphatic carbocycles. The number of hydrogen-bond acceptors (Lipinski definition) is 5. The maximum Gasteiger partial charge on any atom is 0.270 e. The Balaban J connectivity index is 1.97. The monoisotopic (exact) mass is 579 g/mol. The summed E-state index contributed by atoms with van der Waals surface area (Å²) in [6.45, 7) is 4.88. The smallest absolute Gasteiger partial charge is 0.270 e. The summed E-state index contributed by atoms with van der Waals surface area (Å²) in [6, 6.07) is 8.75. The number of carbonyl (C=O) groups is 1. The first-order chi connectivity index (χ1) is 13.8. The van der Waals surface area contributed by atoms with Gasteiger partial charge in [-0.1, -0.05) is 47.2 Å². The van der Waals surface area contributed by atoms with Crippen molar-refractivity contribution >= 4 is 91.8 Å². The van der Waals surface area contributed by atoms with Crippen LogP contribution in [0.15, 0.2) is 35.2 Å². The third-order valence-corrected chi connectivity index (χ3v) is 6.50. The van der Waals surface area contributed by atoms with Crippen LogP contribution in [0.3, 0.4) is 0 Å². The summed E-state index contributed by atoms with van der Waals surface area (Å²) >= 11 is 21.1. The van der Waals surface area contributed by atoms with E-state index >= 15 is 0 Å². The molecule has 0 saturated carbocycles. The fourth-order valence-corrected chi connectivity index (χ4v) is 5.27. The number of hydrogen-bond donors (Lipinski definition) is 0. The average Bonchev–Trinajstić information content (AvgIpc) is 2.92. The molecule has 0 spiro atoms. The predicted octanol–water partition coefficient (Wildman–Crippen LogP) is 6.80. The standard InChI is InChI=1S/C20H16Cl2INO3S2/c1-3-26-16-8-11(7-14(23)18(16)27-4-2)9-17-19(25)24(20(28)29-17)15-6-5-12(21)10-13(15)22/h5-10H,3-4H2,1-2H3/b17-9-. The van der Waals surface area contributed by atoms with Crippen LogP contribution in [0.2, 0.25) is 10.0 Å². The molecular weight excluding hydrogens is 564 g/mol. The molecule has 1 saturated heterocycles. The van der Waals surface area contributed by atoms with Crippen molar-refractivity contribution in [3.63, 3.8) is 0 Å². The maximum atomic E-state index is 13.0. The number of halogens is 3. The van der Waals surface area contributed by atoms with E-state index in [1.807, 2.05) is 26.0 Å². The molecular formula is C20H16Cl2INO3S2. The predicted molar refractivity (Wildman–Crippen MR) is 134 cm³/mol. The number of thioether (sulfide) groups is 1. The minimum absolute atomic E-state index is 0.230. The zero-order valence-corrected chi connectivity index (χ0v) is 20.8. The van der Waals surface area contributed by atoms with Crippen molar-refractivity contribution in [1.29, 1.82) is 0 Å². The fraction of sp³-hybridized carbons (Fsp3) is 0.200. The van der Waals surface area contributed by atoms with Crippen molar-refractivity contribution in [3.05, 3.63) is 54.4 Å². The van der Waals surface area contributed by atoms with Gasteiger partial charge in [0.2, 0.25) is 0 Å². The number of ether oxygens (including phenoxy) is 2. The summed E-state index contributed by atoms with van der Waals surface area (Å²) in [4.78, 5) is 15.0. The van der Waals surface area contributed by atoms with Crippen LogP contribution in [0.1, 0.15) is 19.4 Å². The molecule has 1 fully saturated rings. The van der Waals surface area contributed by atoms with E-state index < -0.39 is 0 Å². The molecule has 3 rings (SSSR count). The molecule has 9 heteroatoms. The molecule has 0 aromatic heterocycles. The second-order valence-electron chi connectivity index (χ2n) is 5.81. The highest BCUT2D eigenvalue weighted by atomic mass is 127. The Morgan fingerprint density at radius 3 is 2.55 bits per heavy atom. The Kier molecular flexibility index (Phi) is 7.72. The first kappa shape index (κ1) is 22.7. The molecule has 1 amide bonds. The van der Waals surface area contributed by atoms with E-state index in [1.54, 1.807) is 24.3 Å². The Bertz CT molecular complexity index is 1010. The zero-order valence-electron chi connectivity index (χ0n) is 15.5. The second-order valence-corrected chi connectivity index (χ2v) is 9.49. The van der Waals surface area contributed by atoms with E-state index in [4.69, 9.17) is 44.9 Å². The Hall–Kier alpha value is -1.00. The largest absolute Gasteiger partial charge is 0.490 e. The molecule has 0 atom stereocenters. The normalized spacial score (nSPS) is 15.3. The van der Waals surface area contributed by atoms with Crippen LogP contribution >= 0.6 is 69.8 Å². The van der Waals surface area contributed by atoms with E-state index in [1.165, 1.54) is 16.7 Å². The van der Waals surface area contributed by atoms with Crippen LogP contribution in [0, 0.1) is 3.57 Å². The van der Waals surface area contributed by atoms with Crippen molar-refractivity contribution in [1.82, 2.24) is 0 Å². The van der Waals surface area contributed by atoms with Crippen molar-refractivity contribution in [2.75, 3.05) is 18.1 Å². The highest BCUT2D eigenvalue weighted by Crippen LogP contribution is 2.41. The van der Waals surface area contributed by atoms with Gasteiger partial charge in [-0.05, 0) is 78.4 Å². The summed E-state index contributed by atoms with van der Waals surface area (Å²) in [5, 5.41) is 0.858. The average molecular weight is 580 g/mol. The molecule has 0 N–H and O–H groups in total. The molecule has 4 nitrogen and oxygen atoms in total. The van der Waals surface area contributed by atoms with E-state index in [0.29, 0.717) is 49.7 Å². The van der Waals surface area contributed by atoms with Gasteiger partial charge >= 0.3 is 0 Å². The SMILES string of the molecule is CCOc1cc(/C=C2\SC(=S)N(c3ccc(Cl)cc3Cl)C2=O)cc(I)c1OCC. The summed E-state index contributed by atoms with van der Waals surface area (Å²) in [6.07, 6.45) is 1.80. The number of rotatable bonds is 6. The lowest BCUT2D eigenvalue weighted by atomic mass is 10.1. The number of benzene rings is 2. The van der Waals surface area contributed by atoms with E-state index in [9.17, 15) is 4.79 Å². The summed E-state index contributed by atoms with van der Waals surface area (Å²) < 4.78 is 12.7. The number of anilines is 1. The highest BCUT2D eigenvalue weighted by molar-refractivity contribution is 14.1. The third-order valence-electron chi connectivity index (χ3n) is 3.86. The molecule has 0 bridgehead atoms. The van der Waals surface area contributed by atoms with Crippen molar-refractivity contribution < 1.29 is 14.3 Å². The van der Waals surface area contributed by atoms with Crippen LogP contribution in [-0.2, 0) is 4.79 Å². The second kappa shape index (κ2) is 9.87. The lowest BCUT2D eigenvalue weighted by molar-refractivity contribution is -0.113. The Labute approximate surface area is 202 Å². The van der Waals surface area contributed by atoms with Gasteiger partial charge in [-0.3, -0.25) is 9.69 Å². The van der Waals surface area contributed by atoms with Crippen LogP contribution in [-0.4, -0.2) is 23.4 Å². The molecule has 0 unspecified atom stereocenters. The number of amides is 1. The minimum Gasteiger partial charge on any atom is -0.490 e. The quantitative estimate of drug-likeness (QED) is 0.214. The molecule has 29 heavy (non-hydrogen) atoms. The van der Waals surface area contributed by atoms with Crippen LogP contribution < -0.4 is 14.4 Å². The molecule has 1 aliphatic rings. The maximum absolute atomic E-state index is 13.0. The first-order valence-corrected chi connectivity index (χ1v) is 11.7. The van der Waals surface area contributed by atoms with Crippen LogP contribution in [0.25, 0.3) is 6.08 Å². The molecule has 1 heterocycles. The van der Waals surface area contributed by atoms with Gasteiger partial charge in [0.05, 0.1) is 32.4 Å². The summed E-state index contributed by atoms with van der Waals surface area (Å²) in [7, 11) is 0. The minimum atomic E-state index is -0.230. The molecule has 1 aliphatic heterocycles. The van der Waals surface area contributed by atoms with Gasteiger partial charge in [-0.2, -0.15) is 0 Å². The molecule has 2 aromatic rings. The van der Waals surface area contributed by atoms with Crippen LogP contribution in [0.4, 0.5) is 5.69 Å². The van der Waals surface area contributed by atoms with Gasteiger partial charge in [0.15, 0.2) is 15.8 Å². The van der Waals surface area contributed by atoms with Gasteiger partial charge in [0, 0.05) is 5.02 Å². The first-order valence-electron chi connectivity index (χ1n) is 8.67. The number of nitrogens with zero attached hydrogens (tertiary/aromatic N) is 1. The zero-order chi connectivity index (χ0) is 21.1. The number of carbonyl (C=O) groups excluding carboxylic acids is 1. The van der Waals surface area contributed by atoms with E-state index in [2.05, 4.69) is 22.6 Å². The summed E-state index contributed by atoms with van der Waals surface area (Å²) in [5.74, 6) is 1.11. The van der Waals surface area contributed by atoms with E-state index in [-0.39, 0.29) is 5.91 Å². The Morgan fingerprint density at radius 2 is 1.90 bits per heavy atom. The highest BCUT2D eigenvalue weighted by Gasteiger charge is 2.34. The van der Waals surface area contributed by atoms with Gasteiger partial charge in [0.25, 0.3) is 5.91 Å². The van der Waals surface area contributed by atoms with Crippen LogP contribution in [0.5, 0.6) is 11.5 Å². The van der Waals surface area contributed by atoms with Crippen molar-refractivity contribution in [2.45, 2.75) is 13.8 Å². The van der Waals surface area contributed by atoms with Gasteiger partial charge in [0.1, 0.15) is 0 Å². The third kappa shape index (κ3) is 5.02. The lowest BCUT2D eigenvalue weighted by Crippen LogP contribution is -2.27. The van der Waals surface area contributed by atoms with Crippen molar-refractivity contribution in [2.24, 2.45) is 0 Å². The van der Waals surface area contributed by atoms with Gasteiger partial charge in [-0.25, -0.2) is 0 Å².